The minimum Gasteiger partial charge on any atom is -0.372 e. The Kier molecular flexibility index (Phi) is 3.94. The average Bonchev–Trinajstić information content (AvgIpc) is 2.38. The number of ether oxygens (including phenoxy) is 1. The lowest BCUT2D eigenvalue weighted by molar-refractivity contribution is -0.0441. The molecule has 0 amide bonds. The highest BCUT2D eigenvalue weighted by Crippen LogP contribution is 2.31. The third-order valence-electron chi connectivity index (χ3n) is 3.50. The van der Waals surface area contributed by atoms with Gasteiger partial charge in [0.2, 0.25) is 0 Å². The molecule has 0 radical (unpaired) electrons. The van der Waals surface area contributed by atoms with E-state index in [1.54, 1.807) is 0 Å². The average molecular weight is 309 g/mol. The largest absolute Gasteiger partial charge is 0.372 e. The van der Waals surface area contributed by atoms with E-state index in [4.69, 9.17) is 10.00 Å². The number of anilines is 1. The van der Waals surface area contributed by atoms with Gasteiger partial charge in [-0.25, -0.2) is 0 Å². The van der Waals surface area contributed by atoms with E-state index in [9.17, 15) is 0 Å². The highest BCUT2D eigenvalue weighted by molar-refractivity contribution is 9.10. The van der Waals surface area contributed by atoms with Crippen molar-refractivity contribution < 1.29 is 4.74 Å². The van der Waals surface area contributed by atoms with Crippen LogP contribution in [-0.2, 0) is 4.74 Å². The van der Waals surface area contributed by atoms with Crippen LogP contribution in [-0.4, -0.2) is 25.3 Å². The first-order valence-electron chi connectivity index (χ1n) is 6.16. The van der Waals surface area contributed by atoms with Gasteiger partial charge in [-0.15, -0.1) is 0 Å². The Hall–Kier alpha value is -1.05. The zero-order valence-corrected chi connectivity index (χ0v) is 12.3. The first-order chi connectivity index (χ1) is 8.58. The summed E-state index contributed by atoms with van der Waals surface area (Å²) in [5, 5.41) is 8.88. The Morgan fingerprint density at radius 2 is 2.33 bits per heavy atom. The maximum Gasteiger partial charge on any atom is 0.0992 e. The number of benzene rings is 1. The van der Waals surface area contributed by atoms with Crippen molar-refractivity contribution in [2.75, 3.05) is 24.6 Å². The van der Waals surface area contributed by atoms with Gasteiger partial charge in [-0.2, -0.15) is 5.26 Å². The molecule has 1 saturated heterocycles. The second kappa shape index (κ2) is 5.29. The van der Waals surface area contributed by atoms with Gasteiger partial charge in [-0.3, -0.25) is 0 Å². The molecule has 1 aliphatic rings. The quantitative estimate of drug-likeness (QED) is 0.841. The van der Waals surface area contributed by atoms with E-state index in [2.05, 4.69) is 40.7 Å². The first kappa shape index (κ1) is 13.4. The van der Waals surface area contributed by atoms with Crippen LogP contribution in [0.15, 0.2) is 22.7 Å². The molecule has 1 aliphatic heterocycles. The summed E-state index contributed by atoms with van der Waals surface area (Å²) in [6.45, 7) is 6.82. The highest BCUT2D eigenvalue weighted by Gasteiger charge is 2.30. The normalized spacial score (nSPS) is 23.8. The van der Waals surface area contributed by atoms with Crippen molar-refractivity contribution in [1.29, 1.82) is 5.26 Å². The third-order valence-corrected chi connectivity index (χ3v) is 4.14. The second-order valence-electron chi connectivity index (χ2n) is 4.85. The van der Waals surface area contributed by atoms with Gasteiger partial charge in [0.05, 0.1) is 29.5 Å². The Morgan fingerprint density at radius 1 is 1.56 bits per heavy atom. The molecule has 1 fully saturated rings. The van der Waals surface area contributed by atoms with Gasteiger partial charge in [-0.05, 0) is 47.5 Å². The molecule has 1 unspecified atom stereocenters. The summed E-state index contributed by atoms with van der Waals surface area (Å²) < 4.78 is 6.82. The fourth-order valence-electron chi connectivity index (χ4n) is 2.18. The molecule has 2 rings (SSSR count). The Labute approximate surface area is 116 Å². The van der Waals surface area contributed by atoms with Gasteiger partial charge < -0.3 is 9.64 Å². The number of hydrogen-bond acceptors (Lipinski definition) is 3. The number of nitrogens with zero attached hydrogens (tertiary/aromatic N) is 2. The summed E-state index contributed by atoms with van der Waals surface area (Å²) in [6, 6.07) is 7.89. The van der Waals surface area contributed by atoms with Crippen molar-refractivity contribution in [3.63, 3.8) is 0 Å². The lowest BCUT2D eigenvalue weighted by Crippen LogP contribution is -2.50. The van der Waals surface area contributed by atoms with E-state index in [1.807, 2.05) is 18.2 Å². The van der Waals surface area contributed by atoms with E-state index in [-0.39, 0.29) is 5.60 Å². The summed E-state index contributed by atoms with van der Waals surface area (Å²) in [5.41, 5.74) is 1.74. The van der Waals surface area contributed by atoms with Crippen LogP contribution in [0.4, 0.5) is 5.69 Å². The predicted octanol–water partition coefficient (Wildman–Crippen LogP) is 3.33. The minimum absolute atomic E-state index is 0.0778. The Bertz CT molecular complexity index is 483. The van der Waals surface area contributed by atoms with E-state index in [1.165, 1.54) is 0 Å². The molecule has 18 heavy (non-hydrogen) atoms. The fourth-order valence-corrected chi connectivity index (χ4v) is 2.81. The van der Waals surface area contributed by atoms with Gasteiger partial charge in [0, 0.05) is 17.6 Å². The summed E-state index contributed by atoms with van der Waals surface area (Å²) in [7, 11) is 0. The third kappa shape index (κ3) is 2.68. The number of nitriles is 1. The molecular formula is C14H17BrN2O. The second-order valence-corrected chi connectivity index (χ2v) is 5.71. The van der Waals surface area contributed by atoms with Crippen LogP contribution in [0.3, 0.4) is 0 Å². The molecule has 96 valence electrons. The summed E-state index contributed by atoms with van der Waals surface area (Å²) in [6.07, 6.45) is 0.997. The van der Waals surface area contributed by atoms with Gasteiger partial charge in [-0.1, -0.05) is 6.92 Å². The van der Waals surface area contributed by atoms with E-state index in [0.29, 0.717) is 5.56 Å². The van der Waals surface area contributed by atoms with Crippen LogP contribution >= 0.6 is 15.9 Å². The minimum atomic E-state index is -0.0778. The molecule has 0 aliphatic carbocycles. The van der Waals surface area contributed by atoms with Crippen LogP contribution in [0.2, 0.25) is 0 Å². The zero-order valence-electron chi connectivity index (χ0n) is 10.7. The van der Waals surface area contributed by atoms with Crippen molar-refractivity contribution in [3.05, 3.63) is 28.2 Å². The molecule has 0 aromatic heterocycles. The number of rotatable bonds is 2. The molecule has 0 saturated carbocycles. The van der Waals surface area contributed by atoms with Gasteiger partial charge in [0.15, 0.2) is 0 Å². The molecule has 3 nitrogen and oxygen atoms in total. The lowest BCUT2D eigenvalue weighted by atomic mass is 10.0. The van der Waals surface area contributed by atoms with Crippen molar-refractivity contribution in [1.82, 2.24) is 0 Å². The van der Waals surface area contributed by atoms with Crippen molar-refractivity contribution in [3.8, 4) is 6.07 Å². The number of hydrogen-bond donors (Lipinski definition) is 0. The zero-order chi connectivity index (χ0) is 13.2. The fraction of sp³-hybridized carbons (Fsp3) is 0.500. The molecule has 1 aromatic rings. The Morgan fingerprint density at radius 3 is 2.94 bits per heavy atom. The summed E-state index contributed by atoms with van der Waals surface area (Å²) >= 11 is 3.55. The van der Waals surface area contributed by atoms with Crippen molar-refractivity contribution in [2.45, 2.75) is 25.9 Å². The molecule has 0 bridgehead atoms. The van der Waals surface area contributed by atoms with Crippen LogP contribution in [0.5, 0.6) is 0 Å². The molecular weight excluding hydrogens is 292 g/mol. The topological polar surface area (TPSA) is 36.3 Å². The molecule has 0 spiro atoms. The van der Waals surface area contributed by atoms with Crippen LogP contribution in [0, 0.1) is 11.3 Å². The molecule has 1 aromatic carbocycles. The SMILES string of the molecule is CCC1(C)CN(c2ccc(C#N)cc2Br)CCO1. The lowest BCUT2D eigenvalue weighted by Gasteiger charge is -2.41. The van der Waals surface area contributed by atoms with Crippen molar-refractivity contribution >= 4 is 21.6 Å². The van der Waals surface area contributed by atoms with Crippen molar-refractivity contribution in [2.24, 2.45) is 0 Å². The van der Waals surface area contributed by atoms with Gasteiger partial charge >= 0.3 is 0 Å². The van der Waals surface area contributed by atoms with Gasteiger partial charge in [0.1, 0.15) is 0 Å². The number of halogens is 1. The highest BCUT2D eigenvalue weighted by atomic mass is 79.9. The first-order valence-corrected chi connectivity index (χ1v) is 6.96. The standard InChI is InChI=1S/C14H17BrN2O/c1-3-14(2)10-17(6-7-18-14)13-5-4-11(9-16)8-12(13)15/h4-5,8H,3,6-7,10H2,1-2H3. The predicted molar refractivity (Wildman–Crippen MR) is 75.7 cm³/mol. The Balaban J connectivity index is 2.24. The number of morpholine rings is 1. The van der Waals surface area contributed by atoms with E-state index in [0.717, 1.165) is 36.3 Å². The molecule has 1 heterocycles. The maximum atomic E-state index is 8.88. The smallest absolute Gasteiger partial charge is 0.0992 e. The van der Waals surface area contributed by atoms with E-state index < -0.39 is 0 Å². The maximum absolute atomic E-state index is 8.88. The van der Waals surface area contributed by atoms with Gasteiger partial charge in [0.25, 0.3) is 0 Å². The molecule has 1 atom stereocenters. The monoisotopic (exact) mass is 308 g/mol. The molecule has 0 N–H and O–H groups in total. The molecule has 4 heteroatoms. The van der Waals surface area contributed by atoms with E-state index >= 15 is 0 Å². The van der Waals surface area contributed by atoms with Crippen LogP contribution < -0.4 is 4.90 Å². The van der Waals surface area contributed by atoms with Crippen LogP contribution in [0.25, 0.3) is 0 Å². The summed E-state index contributed by atoms with van der Waals surface area (Å²) in [5.74, 6) is 0. The van der Waals surface area contributed by atoms with Crippen LogP contribution in [0.1, 0.15) is 25.8 Å². The summed E-state index contributed by atoms with van der Waals surface area (Å²) in [4.78, 5) is 2.32.